The van der Waals surface area contributed by atoms with Crippen LogP contribution in [0.5, 0.6) is 0 Å². The Morgan fingerprint density at radius 3 is 2.64 bits per heavy atom. The molecule has 0 saturated carbocycles. The number of hydrogen-bond donors (Lipinski definition) is 0. The predicted molar refractivity (Wildman–Crippen MR) is 58.5 cm³/mol. The molecule has 1 aliphatic heterocycles. The first kappa shape index (κ1) is 9.32. The quantitative estimate of drug-likeness (QED) is 0.563. The summed E-state index contributed by atoms with van der Waals surface area (Å²) >= 11 is 0. The van der Waals surface area contributed by atoms with Crippen LogP contribution in [0.3, 0.4) is 0 Å². The molecule has 0 unspecified atom stereocenters. The minimum atomic E-state index is 0.0873. The summed E-state index contributed by atoms with van der Waals surface area (Å²) in [6.45, 7) is 6.49. The molecule has 0 saturated heterocycles. The molecule has 1 nitrogen and oxygen atoms in total. The zero-order valence-electron chi connectivity index (χ0n) is 9.00. The number of fused-ring (bicyclic) bond motifs is 1. The Hall–Kier alpha value is -1.24. The van der Waals surface area contributed by atoms with Crippen molar-refractivity contribution >= 4 is 0 Å². The molecule has 1 heterocycles. The molecule has 2 aliphatic rings. The van der Waals surface area contributed by atoms with Gasteiger partial charge in [0.1, 0.15) is 11.5 Å². The topological polar surface area (TPSA) is 9.23 Å². The van der Waals surface area contributed by atoms with E-state index < -0.39 is 0 Å². The van der Waals surface area contributed by atoms with Crippen molar-refractivity contribution in [1.29, 1.82) is 0 Å². The van der Waals surface area contributed by atoms with Crippen LogP contribution >= 0.6 is 0 Å². The van der Waals surface area contributed by atoms with E-state index >= 15 is 0 Å². The third-order valence-corrected chi connectivity index (χ3v) is 2.43. The molecule has 0 amide bonds. The lowest BCUT2D eigenvalue weighted by Gasteiger charge is -2.28. The summed E-state index contributed by atoms with van der Waals surface area (Å²) in [6.07, 6.45) is 11.5. The van der Waals surface area contributed by atoms with Gasteiger partial charge in [0.05, 0.1) is 0 Å². The number of hydrogen-bond acceptors (Lipinski definition) is 1. The summed E-state index contributed by atoms with van der Waals surface area (Å²) in [5.74, 6) is 2.06. The molecule has 0 N–H and O–H groups in total. The van der Waals surface area contributed by atoms with Crippen molar-refractivity contribution in [2.75, 3.05) is 0 Å². The lowest BCUT2D eigenvalue weighted by Crippen LogP contribution is -2.15. The van der Waals surface area contributed by atoms with Gasteiger partial charge in [-0.3, -0.25) is 0 Å². The van der Waals surface area contributed by atoms with Gasteiger partial charge in [-0.05, 0) is 24.1 Å². The van der Waals surface area contributed by atoms with Crippen LogP contribution in [0.2, 0.25) is 0 Å². The van der Waals surface area contributed by atoms with Gasteiger partial charge in [0.25, 0.3) is 0 Å². The highest BCUT2D eigenvalue weighted by Crippen LogP contribution is 2.35. The van der Waals surface area contributed by atoms with Crippen molar-refractivity contribution in [3.8, 4) is 0 Å². The Kier molecular flexibility index (Phi) is 2.10. The average molecular weight is 188 g/mol. The van der Waals surface area contributed by atoms with Crippen LogP contribution in [-0.4, -0.2) is 0 Å². The number of allylic oxidation sites excluding steroid dienone is 7. The van der Waals surface area contributed by atoms with Crippen LogP contribution < -0.4 is 0 Å². The second-order valence-electron chi connectivity index (χ2n) is 4.74. The zero-order valence-corrected chi connectivity index (χ0v) is 9.00. The molecule has 14 heavy (non-hydrogen) atoms. The fraction of sp³-hybridized carbons (Fsp3) is 0.385. The van der Waals surface area contributed by atoms with Crippen LogP contribution in [0.1, 0.15) is 27.2 Å². The van der Waals surface area contributed by atoms with Gasteiger partial charge in [0, 0.05) is 5.41 Å². The molecule has 0 fully saturated rings. The predicted octanol–water partition coefficient (Wildman–Crippen LogP) is 3.72. The van der Waals surface area contributed by atoms with E-state index in [9.17, 15) is 0 Å². The van der Waals surface area contributed by atoms with Crippen molar-refractivity contribution in [3.63, 3.8) is 0 Å². The summed E-state index contributed by atoms with van der Waals surface area (Å²) in [4.78, 5) is 0. The third-order valence-electron chi connectivity index (χ3n) is 2.43. The smallest absolute Gasteiger partial charge is 0.130 e. The van der Waals surface area contributed by atoms with Crippen molar-refractivity contribution in [2.45, 2.75) is 27.2 Å². The van der Waals surface area contributed by atoms with E-state index in [2.05, 4.69) is 45.1 Å². The highest BCUT2D eigenvalue weighted by atomic mass is 16.5. The van der Waals surface area contributed by atoms with Crippen LogP contribution in [0.4, 0.5) is 0 Å². The second-order valence-corrected chi connectivity index (χ2v) is 4.74. The van der Waals surface area contributed by atoms with Crippen molar-refractivity contribution in [2.24, 2.45) is 5.41 Å². The lowest BCUT2D eigenvalue weighted by atomic mass is 9.91. The van der Waals surface area contributed by atoms with Crippen molar-refractivity contribution in [1.82, 2.24) is 0 Å². The van der Waals surface area contributed by atoms with Crippen LogP contribution in [0.15, 0.2) is 47.5 Å². The largest absolute Gasteiger partial charge is 0.461 e. The Morgan fingerprint density at radius 2 is 1.93 bits per heavy atom. The highest BCUT2D eigenvalue weighted by Gasteiger charge is 2.23. The molecule has 0 aromatic rings. The van der Waals surface area contributed by atoms with Crippen molar-refractivity contribution in [3.05, 3.63) is 47.5 Å². The molecule has 0 bridgehead atoms. The summed E-state index contributed by atoms with van der Waals surface area (Å²) < 4.78 is 5.86. The Balaban J connectivity index is 2.30. The molecular formula is C13H16O. The maximum atomic E-state index is 5.86. The van der Waals surface area contributed by atoms with E-state index in [-0.39, 0.29) is 5.41 Å². The minimum absolute atomic E-state index is 0.0873. The van der Waals surface area contributed by atoms with Gasteiger partial charge in [-0.1, -0.05) is 39.0 Å². The van der Waals surface area contributed by atoms with Gasteiger partial charge in [0.2, 0.25) is 0 Å². The number of rotatable bonds is 0. The molecule has 0 aromatic carbocycles. The van der Waals surface area contributed by atoms with E-state index in [4.69, 9.17) is 4.74 Å². The average Bonchev–Trinajstić information content (AvgIpc) is 2.16. The lowest BCUT2D eigenvalue weighted by molar-refractivity contribution is 0.218. The zero-order chi connectivity index (χ0) is 10.2. The molecule has 0 atom stereocenters. The SMILES string of the molecule is CC(C)(C)C1=CC=C2CC=CC=C2O1. The monoisotopic (exact) mass is 188 g/mol. The first-order valence-corrected chi connectivity index (χ1v) is 5.04. The fourth-order valence-electron chi connectivity index (χ4n) is 1.54. The molecular weight excluding hydrogens is 172 g/mol. The van der Waals surface area contributed by atoms with E-state index in [1.54, 1.807) is 0 Å². The standard InChI is InChI=1S/C13H16O/c1-13(2,3)12-9-8-10-6-4-5-7-11(10)14-12/h4-5,7-9H,6H2,1-3H3. The molecule has 1 heteroatoms. The molecule has 1 aliphatic carbocycles. The summed E-state index contributed by atoms with van der Waals surface area (Å²) in [5.41, 5.74) is 1.37. The van der Waals surface area contributed by atoms with Gasteiger partial charge in [-0.2, -0.15) is 0 Å². The Bertz CT molecular complexity index is 359. The van der Waals surface area contributed by atoms with E-state index in [1.807, 2.05) is 6.08 Å². The van der Waals surface area contributed by atoms with E-state index in [0.29, 0.717) is 0 Å². The normalized spacial score (nSPS) is 20.4. The van der Waals surface area contributed by atoms with E-state index in [1.165, 1.54) is 5.57 Å². The maximum absolute atomic E-state index is 5.86. The van der Waals surface area contributed by atoms with Crippen LogP contribution in [-0.2, 0) is 4.74 Å². The molecule has 0 spiro atoms. The van der Waals surface area contributed by atoms with Crippen LogP contribution in [0, 0.1) is 5.41 Å². The third kappa shape index (κ3) is 1.67. The first-order chi connectivity index (χ1) is 6.57. The van der Waals surface area contributed by atoms with Gasteiger partial charge < -0.3 is 4.74 Å². The van der Waals surface area contributed by atoms with Crippen LogP contribution in [0.25, 0.3) is 0 Å². The van der Waals surface area contributed by atoms with Crippen molar-refractivity contribution < 1.29 is 4.74 Å². The first-order valence-electron chi connectivity index (χ1n) is 5.04. The number of ether oxygens (including phenoxy) is 1. The molecule has 2 rings (SSSR count). The Labute approximate surface area is 85.5 Å². The second kappa shape index (κ2) is 3.16. The van der Waals surface area contributed by atoms with Gasteiger partial charge in [0.15, 0.2) is 0 Å². The van der Waals surface area contributed by atoms with Gasteiger partial charge in [-0.25, -0.2) is 0 Å². The minimum Gasteiger partial charge on any atom is -0.461 e. The summed E-state index contributed by atoms with van der Waals surface area (Å²) in [5, 5.41) is 0. The van der Waals surface area contributed by atoms with Gasteiger partial charge in [-0.15, -0.1) is 0 Å². The maximum Gasteiger partial charge on any atom is 0.130 e. The fourth-order valence-corrected chi connectivity index (χ4v) is 1.54. The molecule has 0 aromatic heterocycles. The van der Waals surface area contributed by atoms with Gasteiger partial charge >= 0.3 is 0 Å². The molecule has 0 radical (unpaired) electrons. The van der Waals surface area contributed by atoms with E-state index in [0.717, 1.165) is 17.9 Å². The summed E-state index contributed by atoms with van der Waals surface area (Å²) in [7, 11) is 0. The highest BCUT2D eigenvalue weighted by molar-refractivity contribution is 5.41. The summed E-state index contributed by atoms with van der Waals surface area (Å²) in [6, 6.07) is 0. The Morgan fingerprint density at radius 1 is 1.14 bits per heavy atom. The molecule has 74 valence electrons.